The highest BCUT2D eigenvalue weighted by atomic mass is 16.2. The highest BCUT2D eigenvalue weighted by Crippen LogP contribution is 2.17. The van der Waals surface area contributed by atoms with Gasteiger partial charge < -0.3 is 10.2 Å². The van der Waals surface area contributed by atoms with Crippen LogP contribution in [0.15, 0.2) is 54.6 Å². The van der Waals surface area contributed by atoms with E-state index in [0.717, 1.165) is 16.8 Å². The predicted molar refractivity (Wildman–Crippen MR) is 100 cm³/mol. The fourth-order valence-corrected chi connectivity index (χ4v) is 2.45. The molecular weight excluding hydrogens is 314 g/mol. The average molecular weight is 339 g/mol. The summed E-state index contributed by atoms with van der Waals surface area (Å²) in [5.74, 6) is -0.333. The minimum atomic E-state index is -0.485. The Labute approximate surface area is 149 Å². The van der Waals surface area contributed by atoms with E-state index in [1.165, 1.54) is 0 Å². The summed E-state index contributed by atoms with van der Waals surface area (Å²) in [5, 5.41) is 5.08. The van der Waals surface area contributed by atoms with Gasteiger partial charge in [-0.05, 0) is 38.5 Å². The zero-order chi connectivity index (χ0) is 18.2. The molecule has 0 spiro atoms. The van der Waals surface area contributed by atoms with E-state index in [2.05, 4.69) is 10.6 Å². The molecule has 0 aromatic heterocycles. The van der Waals surface area contributed by atoms with Gasteiger partial charge in [0.15, 0.2) is 0 Å². The maximum atomic E-state index is 12.2. The van der Waals surface area contributed by atoms with Crippen LogP contribution in [0.1, 0.15) is 25.0 Å². The van der Waals surface area contributed by atoms with Crippen LogP contribution in [0.5, 0.6) is 0 Å². The third kappa shape index (κ3) is 5.95. The standard InChI is InChI=1S/C20H25N3O2/c1-15(2)23(18-11-9-16(3)10-12-18)14-19(24)22-20(25)21-13-17-7-5-4-6-8-17/h4-12,15H,13-14H2,1-3H3,(H2,21,22,24,25). The van der Waals surface area contributed by atoms with Crippen molar-refractivity contribution in [2.75, 3.05) is 11.4 Å². The number of carbonyl (C=O) groups excluding carboxylic acids is 2. The Bertz CT molecular complexity index is 697. The Kier molecular flexibility index (Phi) is 6.57. The molecule has 0 atom stereocenters. The van der Waals surface area contributed by atoms with Gasteiger partial charge in [0.1, 0.15) is 0 Å². The first-order chi connectivity index (χ1) is 12.0. The van der Waals surface area contributed by atoms with Crippen molar-refractivity contribution in [2.45, 2.75) is 33.4 Å². The van der Waals surface area contributed by atoms with Crippen LogP contribution in [0.25, 0.3) is 0 Å². The smallest absolute Gasteiger partial charge is 0.321 e. The summed E-state index contributed by atoms with van der Waals surface area (Å²) in [4.78, 5) is 26.1. The number of carbonyl (C=O) groups is 2. The minimum absolute atomic E-state index is 0.124. The fraction of sp³-hybridized carbons (Fsp3) is 0.300. The normalized spacial score (nSPS) is 10.4. The van der Waals surface area contributed by atoms with E-state index in [1.54, 1.807) is 0 Å². The first-order valence-corrected chi connectivity index (χ1v) is 8.40. The Morgan fingerprint density at radius 1 is 1.00 bits per heavy atom. The Morgan fingerprint density at radius 3 is 2.24 bits per heavy atom. The maximum Gasteiger partial charge on any atom is 0.321 e. The highest BCUT2D eigenvalue weighted by molar-refractivity contribution is 5.96. The van der Waals surface area contributed by atoms with Crippen molar-refractivity contribution in [3.63, 3.8) is 0 Å². The van der Waals surface area contributed by atoms with Gasteiger partial charge in [-0.15, -0.1) is 0 Å². The van der Waals surface area contributed by atoms with Crippen molar-refractivity contribution in [2.24, 2.45) is 0 Å². The largest absolute Gasteiger partial charge is 0.360 e. The molecule has 2 N–H and O–H groups in total. The van der Waals surface area contributed by atoms with Gasteiger partial charge >= 0.3 is 6.03 Å². The number of benzene rings is 2. The number of anilines is 1. The van der Waals surface area contributed by atoms with Crippen molar-refractivity contribution in [1.82, 2.24) is 10.6 Å². The molecular formula is C20H25N3O2. The molecule has 2 aromatic rings. The SMILES string of the molecule is Cc1ccc(N(CC(=O)NC(=O)NCc2ccccc2)C(C)C)cc1. The van der Waals surface area contributed by atoms with Crippen molar-refractivity contribution >= 4 is 17.6 Å². The van der Waals surface area contributed by atoms with E-state index < -0.39 is 6.03 Å². The molecule has 0 fully saturated rings. The Morgan fingerprint density at radius 2 is 1.64 bits per heavy atom. The summed E-state index contributed by atoms with van der Waals surface area (Å²) >= 11 is 0. The lowest BCUT2D eigenvalue weighted by molar-refractivity contribution is -0.118. The molecule has 5 heteroatoms. The molecule has 0 bridgehead atoms. The second kappa shape index (κ2) is 8.87. The molecule has 25 heavy (non-hydrogen) atoms. The molecule has 0 saturated heterocycles. The Hall–Kier alpha value is -2.82. The maximum absolute atomic E-state index is 12.2. The monoisotopic (exact) mass is 339 g/mol. The summed E-state index contributed by atoms with van der Waals surface area (Å²) in [5.41, 5.74) is 3.10. The average Bonchev–Trinajstić information content (AvgIpc) is 2.59. The first kappa shape index (κ1) is 18.5. The summed E-state index contributed by atoms with van der Waals surface area (Å²) in [6.07, 6.45) is 0. The zero-order valence-electron chi connectivity index (χ0n) is 15.0. The van der Waals surface area contributed by atoms with Gasteiger partial charge in [-0.3, -0.25) is 10.1 Å². The van der Waals surface area contributed by atoms with Crippen LogP contribution in [-0.4, -0.2) is 24.5 Å². The van der Waals surface area contributed by atoms with E-state index in [0.29, 0.717) is 6.54 Å². The number of rotatable bonds is 6. The molecule has 132 valence electrons. The van der Waals surface area contributed by atoms with Gasteiger partial charge in [-0.2, -0.15) is 0 Å². The van der Waals surface area contributed by atoms with Gasteiger partial charge in [0.05, 0.1) is 6.54 Å². The molecule has 0 heterocycles. The number of nitrogens with zero attached hydrogens (tertiary/aromatic N) is 1. The minimum Gasteiger partial charge on any atom is -0.360 e. The van der Waals surface area contributed by atoms with Crippen molar-refractivity contribution in [3.05, 3.63) is 65.7 Å². The van der Waals surface area contributed by atoms with E-state index in [4.69, 9.17) is 0 Å². The Balaban J connectivity index is 1.88. The quantitative estimate of drug-likeness (QED) is 0.849. The van der Waals surface area contributed by atoms with Crippen molar-refractivity contribution < 1.29 is 9.59 Å². The van der Waals surface area contributed by atoms with Crippen LogP contribution < -0.4 is 15.5 Å². The van der Waals surface area contributed by atoms with Crippen LogP contribution in [0.3, 0.4) is 0 Å². The van der Waals surface area contributed by atoms with Crippen molar-refractivity contribution in [3.8, 4) is 0 Å². The lowest BCUT2D eigenvalue weighted by Crippen LogP contribution is -2.46. The highest BCUT2D eigenvalue weighted by Gasteiger charge is 2.16. The van der Waals surface area contributed by atoms with Gasteiger partial charge in [0.25, 0.3) is 0 Å². The van der Waals surface area contributed by atoms with Gasteiger partial charge in [-0.25, -0.2) is 4.79 Å². The van der Waals surface area contributed by atoms with E-state index in [-0.39, 0.29) is 18.5 Å². The summed E-state index contributed by atoms with van der Waals surface area (Å²) in [7, 11) is 0. The van der Waals surface area contributed by atoms with E-state index >= 15 is 0 Å². The third-order valence-electron chi connectivity index (χ3n) is 3.85. The zero-order valence-corrected chi connectivity index (χ0v) is 15.0. The summed E-state index contributed by atoms with van der Waals surface area (Å²) < 4.78 is 0. The first-order valence-electron chi connectivity index (χ1n) is 8.40. The van der Waals surface area contributed by atoms with Crippen LogP contribution in [0, 0.1) is 6.92 Å². The number of hydrogen-bond donors (Lipinski definition) is 2. The number of amides is 3. The molecule has 3 amide bonds. The van der Waals surface area contributed by atoms with Gasteiger partial charge in [0, 0.05) is 18.3 Å². The molecule has 0 aliphatic carbocycles. The lowest BCUT2D eigenvalue weighted by atomic mass is 10.2. The van der Waals surface area contributed by atoms with Crippen LogP contribution in [0.2, 0.25) is 0 Å². The molecule has 0 aliphatic heterocycles. The van der Waals surface area contributed by atoms with E-state index in [9.17, 15) is 9.59 Å². The molecule has 5 nitrogen and oxygen atoms in total. The molecule has 2 rings (SSSR count). The summed E-state index contributed by atoms with van der Waals surface area (Å²) in [6.45, 7) is 6.56. The summed E-state index contributed by atoms with van der Waals surface area (Å²) in [6, 6.07) is 17.2. The van der Waals surface area contributed by atoms with Gasteiger partial charge in [0.2, 0.25) is 5.91 Å². The number of aryl methyl sites for hydroxylation is 1. The lowest BCUT2D eigenvalue weighted by Gasteiger charge is -2.28. The topological polar surface area (TPSA) is 61.4 Å². The second-order valence-corrected chi connectivity index (χ2v) is 6.27. The molecule has 0 radical (unpaired) electrons. The fourth-order valence-electron chi connectivity index (χ4n) is 2.45. The second-order valence-electron chi connectivity index (χ2n) is 6.27. The third-order valence-corrected chi connectivity index (χ3v) is 3.85. The molecule has 0 unspecified atom stereocenters. The van der Waals surface area contributed by atoms with E-state index in [1.807, 2.05) is 80.3 Å². The number of hydrogen-bond acceptors (Lipinski definition) is 3. The molecule has 2 aromatic carbocycles. The molecule has 0 saturated carbocycles. The van der Waals surface area contributed by atoms with Crippen LogP contribution in [-0.2, 0) is 11.3 Å². The van der Waals surface area contributed by atoms with Crippen molar-refractivity contribution in [1.29, 1.82) is 0 Å². The van der Waals surface area contributed by atoms with Gasteiger partial charge in [-0.1, -0.05) is 48.0 Å². The predicted octanol–water partition coefficient (Wildman–Crippen LogP) is 3.24. The number of imide groups is 1. The van der Waals surface area contributed by atoms with Crippen LogP contribution >= 0.6 is 0 Å². The molecule has 0 aliphatic rings. The van der Waals surface area contributed by atoms with Crippen LogP contribution in [0.4, 0.5) is 10.5 Å². The number of urea groups is 1. The number of nitrogens with one attached hydrogen (secondary N) is 2.